The van der Waals surface area contributed by atoms with E-state index in [9.17, 15) is 9.59 Å². The lowest BCUT2D eigenvalue weighted by molar-refractivity contribution is -0.121. The molecule has 0 saturated carbocycles. The number of ether oxygens (including phenoxy) is 1. The van der Waals surface area contributed by atoms with Crippen LogP contribution >= 0.6 is 15.9 Å². The van der Waals surface area contributed by atoms with E-state index in [-0.39, 0.29) is 17.9 Å². The molecule has 0 atom stereocenters. The molecule has 0 unspecified atom stereocenters. The lowest BCUT2D eigenvalue weighted by Crippen LogP contribution is -2.38. The highest BCUT2D eigenvalue weighted by atomic mass is 79.9. The lowest BCUT2D eigenvalue weighted by Gasteiger charge is -2.07. The van der Waals surface area contributed by atoms with Crippen molar-refractivity contribution in [2.75, 3.05) is 6.61 Å². The van der Waals surface area contributed by atoms with E-state index in [1.807, 2.05) is 11.4 Å². The first-order chi connectivity index (χ1) is 8.02. The van der Waals surface area contributed by atoms with E-state index in [1.165, 1.54) is 0 Å². The van der Waals surface area contributed by atoms with Crippen molar-refractivity contribution in [2.24, 2.45) is 5.73 Å². The van der Waals surface area contributed by atoms with Crippen molar-refractivity contribution < 1.29 is 14.3 Å². The summed E-state index contributed by atoms with van der Waals surface area (Å²) in [5.41, 5.74) is 5.04. The number of nitrogens with zero attached hydrogens (tertiary/aromatic N) is 1. The van der Waals surface area contributed by atoms with Crippen molar-refractivity contribution in [3.8, 4) is 11.8 Å². The van der Waals surface area contributed by atoms with E-state index in [1.54, 1.807) is 18.2 Å². The van der Waals surface area contributed by atoms with Crippen LogP contribution in [0.1, 0.15) is 5.56 Å². The van der Waals surface area contributed by atoms with Gasteiger partial charge in [0.15, 0.2) is 6.61 Å². The first kappa shape index (κ1) is 13.0. The number of benzene rings is 1. The number of amides is 3. The third kappa shape index (κ3) is 4.12. The molecule has 0 aliphatic heterocycles. The number of hydrogen-bond donors (Lipinski definition) is 2. The van der Waals surface area contributed by atoms with Crippen LogP contribution < -0.4 is 15.8 Å². The normalized spacial score (nSPS) is 9.18. The molecular weight excluding hydrogens is 290 g/mol. The average Bonchev–Trinajstić information content (AvgIpc) is 2.26. The fourth-order valence-corrected chi connectivity index (χ4v) is 1.39. The van der Waals surface area contributed by atoms with Gasteiger partial charge in [-0.15, -0.1) is 0 Å². The number of imide groups is 1. The summed E-state index contributed by atoms with van der Waals surface area (Å²) in [7, 11) is 0. The van der Waals surface area contributed by atoms with Crippen LogP contribution in [0.25, 0.3) is 0 Å². The molecule has 0 heterocycles. The number of rotatable bonds is 3. The molecule has 0 saturated heterocycles. The van der Waals surface area contributed by atoms with E-state index in [0.717, 1.165) is 4.47 Å². The van der Waals surface area contributed by atoms with Gasteiger partial charge in [0.1, 0.15) is 11.8 Å². The largest absolute Gasteiger partial charge is 0.482 e. The minimum Gasteiger partial charge on any atom is -0.482 e. The summed E-state index contributed by atoms with van der Waals surface area (Å²) in [5.74, 6) is -0.417. The Balaban J connectivity index is 2.67. The molecule has 0 spiro atoms. The second-order valence-electron chi connectivity index (χ2n) is 2.95. The summed E-state index contributed by atoms with van der Waals surface area (Å²) in [6.07, 6.45) is 0. The average molecular weight is 298 g/mol. The van der Waals surface area contributed by atoms with Crippen LogP contribution in [0.2, 0.25) is 0 Å². The smallest absolute Gasteiger partial charge is 0.318 e. The van der Waals surface area contributed by atoms with Gasteiger partial charge in [-0.25, -0.2) is 4.79 Å². The van der Waals surface area contributed by atoms with Crippen molar-refractivity contribution in [3.63, 3.8) is 0 Å². The van der Waals surface area contributed by atoms with Gasteiger partial charge in [-0.1, -0.05) is 15.9 Å². The number of carbonyl (C=O) groups excluding carboxylic acids is 2. The summed E-state index contributed by atoms with van der Waals surface area (Å²) in [6.45, 7) is -0.390. The van der Waals surface area contributed by atoms with Crippen LogP contribution in [-0.2, 0) is 4.79 Å². The summed E-state index contributed by atoms with van der Waals surface area (Å²) in [6, 6.07) is 5.74. The molecule has 0 radical (unpaired) electrons. The van der Waals surface area contributed by atoms with Gasteiger partial charge < -0.3 is 10.5 Å². The predicted octanol–water partition coefficient (Wildman–Crippen LogP) is 0.894. The minimum absolute atomic E-state index is 0.260. The standard InChI is InChI=1S/C10H8BrN3O3/c11-7-1-2-8(6(3-7)4-12)17-5-9(15)14-10(13)16/h1-3H,5H2,(H3,13,14,15,16). The molecule has 6 nitrogen and oxygen atoms in total. The van der Waals surface area contributed by atoms with Crippen molar-refractivity contribution >= 4 is 27.9 Å². The third-order valence-corrected chi connectivity index (χ3v) is 2.18. The molecule has 0 aromatic heterocycles. The molecule has 0 fully saturated rings. The fourth-order valence-electron chi connectivity index (χ4n) is 1.03. The van der Waals surface area contributed by atoms with E-state index in [4.69, 9.17) is 15.7 Å². The Bertz CT molecular complexity index is 496. The zero-order chi connectivity index (χ0) is 12.8. The van der Waals surface area contributed by atoms with Crippen molar-refractivity contribution in [1.29, 1.82) is 5.26 Å². The number of hydrogen-bond acceptors (Lipinski definition) is 4. The molecule has 88 valence electrons. The zero-order valence-corrected chi connectivity index (χ0v) is 10.2. The van der Waals surface area contributed by atoms with Gasteiger partial charge in [0.25, 0.3) is 5.91 Å². The molecule has 1 aromatic carbocycles. The maximum absolute atomic E-state index is 11.1. The van der Waals surface area contributed by atoms with Gasteiger partial charge in [0, 0.05) is 4.47 Å². The van der Waals surface area contributed by atoms with Gasteiger partial charge in [0.2, 0.25) is 0 Å². The van der Waals surface area contributed by atoms with E-state index in [2.05, 4.69) is 15.9 Å². The molecule has 0 bridgehead atoms. The van der Waals surface area contributed by atoms with Gasteiger partial charge in [-0.05, 0) is 18.2 Å². The second kappa shape index (κ2) is 5.86. The molecule has 1 rings (SSSR count). The highest BCUT2D eigenvalue weighted by Gasteiger charge is 2.08. The molecule has 3 N–H and O–H groups in total. The van der Waals surface area contributed by atoms with Crippen LogP contribution in [0.4, 0.5) is 4.79 Å². The monoisotopic (exact) mass is 297 g/mol. The van der Waals surface area contributed by atoms with Crippen molar-refractivity contribution in [3.05, 3.63) is 28.2 Å². The highest BCUT2D eigenvalue weighted by molar-refractivity contribution is 9.10. The molecule has 0 aliphatic rings. The number of nitrogens with two attached hydrogens (primary N) is 1. The fraction of sp³-hybridized carbons (Fsp3) is 0.100. The molecule has 17 heavy (non-hydrogen) atoms. The third-order valence-electron chi connectivity index (χ3n) is 1.68. The predicted molar refractivity (Wildman–Crippen MR) is 62.1 cm³/mol. The SMILES string of the molecule is N#Cc1cc(Br)ccc1OCC(=O)NC(N)=O. The van der Waals surface area contributed by atoms with E-state index in [0.29, 0.717) is 0 Å². The number of nitrogens with one attached hydrogen (secondary N) is 1. The number of carbonyl (C=O) groups is 2. The minimum atomic E-state index is -0.949. The van der Waals surface area contributed by atoms with Crippen LogP contribution in [0.3, 0.4) is 0 Å². The summed E-state index contributed by atoms with van der Waals surface area (Å²) in [5, 5.41) is 10.7. The highest BCUT2D eigenvalue weighted by Crippen LogP contribution is 2.22. The van der Waals surface area contributed by atoms with E-state index >= 15 is 0 Å². The summed E-state index contributed by atoms with van der Waals surface area (Å²) < 4.78 is 5.81. The van der Waals surface area contributed by atoms with E-state index < -0.39 is 11.9 Å². The first-order valence-electron chi connectivity index (χ1n) is 4.44. The quantitative estimate of drug-likeness (QED) is 0.864. The van der Waals surface area contributed by atoms with Gasteiger partial charge >= 0.3 is 6.03 Å². The topological polar surface area (TPSA) is 105 Å². The molecule has 3 amide bonds. The maximum atomic E-state index is 11.1. The molecular formula is C10H8BrN3O3. The molecule has 0 aliphatic carbocycles. The number of primary amides is 1. The van der Waals surface area contributed by atoms with Crippen LogP contribution in [0, 0.1) is 11.3 Å². The Labute approximate surface area is 105 Å². The Morgan fingerprint density at radius 3 is 2.82 bits per heavy atom. The van der Waals surface area contributed by atoms with Crippen LogP contribution in [-0.4, -0.2) is 18.5 Å². The van der Waals surface area contributed by atoms with Gasteiger partial charge in [-0.3, -0.25) is 10.1 Å². The molecule has 1 aromatic rings. The van der Waals surface area contributed by atoms with Crippen molar-refractivity contribution in [2.45, 2.75) is 0 Å². The Morgan fingerprint density at radius 2 is 2.24 bits per heavy atom. The van der Waals surface area contributed by atoms with Gasteiger partial charge in [0.05, 0.1) is 5.56 Å². The summed E-state index contributed by atoms with van der Waals surface area (Å²) in [4.78, 5) is 21.4. The lowest BCUT2D eigenvalue weighted by atomic mass is 10.2. The second-order valence-corrected chi connectivity index (χ2v) is 3.87. The maximum Gasteiger partial charge on any atom is 0.318 e. The van der Waals surface area contributed by atoms with Crippen molar-refractivity contribution in [1.82, 2.24) is 5.32 Å². The van der Waals surface area contributed by atoms with Crippen LogP contribution in [0.5, 0.6) is 5.75 Å². The van der Waals surface area contributed by atoms with Gasteiger partial charge in [-0.2, -0.15) is 5.26 Å². The number of urea groups is 1. The summed E-state index contributed by atoms with van der Waals surface area (Å²) >= 11 is 3.20. The Hall–Kier alpha value is -2.07. The number of nitriles is 1. The Morgan fingerprint density at radius 1 is 1.53 bits per heavy atom. The Kier molecular flexibility index (Phi) is 4.48. The zero-order valence-electron chi connectivity index (χ0n) is 8.57. The first-order valence-corrected chi connectivity index (χ1v) is 5.24. The number of halogens is 1. The van der Waals surface area contributed by atoms with Crippen LogP contribution in [0.15, 0.2) is 22.7 Å². The molecule has 7 heteroatoms.